The Hall–Kier alpha value is -13.2. The zero-order valence-electron chi connectivity index (χ0n) is 55.0. The van der Waals surface area contributed by atoms with Crippen LogP contribution in [0.15, 0.2) is 340 Å². The lowest BCUT2D eigenvalue weighted by atomic mass is 9.76. The molecule has 0 saturated carbocycles. The second-order valence-electron chi connectivity index (χ2n) is 26.3. The van der Waals surface area contributed by atoms with Crippen molar-refractivity contribution in [3.63, 3.8) is 0 Å². The van der Waals surface area contributed by atoms with Crippen LogP contribution in [-0.4, -0.2) is 12.0 Å². The molecule has 0 N–H and O–H groups in total. The van der Waals surface area contributed by atoms with Gasteiger partial charge in [0.05, 0.1) is 12.0 Å². The summed E-state index contributed by atoms with van der Waals surface area (Å²) >= 11 is 0. The molecule has 18 aromatic rings. The summed E-state index contributed by atoms with van der Waals surface area (Å²) in [6, 6.07) is 120. The van der Waals surface area contributed by atoms with Gasteiger partial charge in [0.15, 0.2) is 0 Å². The first kappa shape index (κ1) is 59.1. The Morgan fingerprint density at radius 2 is 0.436 bits per heavy atom. The first-order valence-electron chi connectivity index (χ1n) is 34.3. The van der Waals surface area contributed by atoms with Crippen molar-refractivity contribution in [2.45, 2.75) is 11.8 Å². The number of nitro groups is 1. The van der Waals surface area contributed by atoms with Crippen molar-refractivity contribution in [1.82, 2.24) is 0 Å². The molecule has 476 valence electrons. The molecule has 0 unspecified atom stereocenters. The van der Waals surface area contributed by atoms with Crippen LogP contribution in [0.5, 0.6) is 28.7 Å². The zero-order chi connectivity index (χ0) is 67.2. The highest BCUT2D eigenvalue weighted by Gasteiger charge is 2.38. The van der Waals surface area contributed by atoms with Crippen molar-refractivity contribution < 1.29 is 19.1 Å². The Morgan fingerprint density at radius 3 is 0.663 bits per heavy atom. The molecule has 0 atom stereocenters. The average Bonchev–Trinajstić information content (AvgIpc) is 0.707. The Morgan fingerprint density at radius 1 is 0.248 bits per heavy atom. The second-order valence-corrected chi connectivity index (χ2v) is 26.3. The molecule has 2 aliphatic rings. The third kappa shape index (κ3) is 9.78. The number of hydrogen-bond acceptors (Lipinski definition) is 5. The van der Waals surface area contributed by atoms with Crippen molar-refractivity contribution >= 4 is 91.9 Å². The smallest absolute Gasteiger partial charge is 0.269 e. The predicted molar refractivity (Wildman–Crippen MR) is 416 cm³/mol. The topological polar surface area (TPSA) is 70.8 Å². The van der Waals surface area contributed by atoms with E-state index in [1.54, 1.807) is 31.4 Å². The van der Waals surface area contributed by atoms with E-state index >= 15 is 0 Å². The highest BCUT2D eigenvalue weighted by molar-refractivity contribution is 6.19. The highest BCUT2D eigenvalue weighted by atomic mass is 16.6. The van der Waals surface area contributed by atoms with E-state index in [1.165, 1.54) is 120 Å². The van der Waals surface area contributed by atoms with Crippen molar-refractivity contribution in [3.8, 4) is 73.3 Å². The summed E-state index contributed by atoms with van der Waals surface area (Å²) in [4.78, 5) is 10.7. The van der Waals surface area contributed by atoms with Gasteiger partial charge in [-0.2, -0.15) is 0 Å². The van der Waals surface area contributed by atoms with Crippen molar-refractivity contribution in [2.75, 3.05) is 7.11 Å². The lowest BCUT2D eigenvalue weighted by molar-refractivity contribution is -0.384. The van der Waals surface area contributed by atoms with Crippen molar-refractivity contribution in [3.05, 3.63) is 383 Å². The Labute approximate surface area is 582 Å². The summed E-state index contributed by atoms with van der Waals surface area (Å²) in [5.41, 5.74) is 16.3. The number of non-ortho nitro benzene ring substituents is 1. The van der Waals surface area contributed by atoms with E-state index < -0.39 is 0 Å². The van der Waals surface area contributed by atoms with Crippen LogP contribution in [0.1, 0.15) is 45.2 Å². The Bertz CT molecular complexity index is 6110. The SMILES string of the molecule is COc1ccc(-c2ccc(-c3ccc(C4c5c(c6ccccc6c6ccccc56)Oc5c4c4ccccc4c4ccccc54)cc3)cc2)cc1.O=[N+]([O-])c1ccc(-c2ccc(-c3ccc(C4c5c(c6ccccc6c6ccccc56)Oc5c4c4ccccc4c4ccccc54)cc3)cc2)cc1. The van der Waals surface area contributed by atoms with Crippen LogP contribution < -0.4 is 14.2 Å². The minimum absolute atomic E-state index is 0.0377. The van der Waals surface area contributed by atoms with E-state index in [0.29, 0.717) is 0 Å². The lowest BCUT2D eigenvalue weighted by Crippen LogP contribution is -2.14. The predicted octanol–water partition coefficient (Wildman–Crippen LogP) is 25.8. The first-order valence-corrected chi connectivity index (χ1v) is 34.3. The first-order chi connectivity index (χ1) is 49.9. The maximum atomic E-state index is 11.1. The molecule has 2 aliphatic heterocycles. The molecule has 6 nitrogen and oxygen atoms in total. The molecule has 0 aliphatic carbocycles. The van der Waals surface area contributed by atoms with Gasteiger partial charge in [0.2, 0.25) is 0 Å². The minimum Gasteiger partial charge on any atom is -0.497 e. The summed E-state index contributed by atoms with van der Waals surface area (Å²) in [7, 11) is 1.70. The van der Waals surface area contributed by atoms with Gasteiger partial charge in [0.1, 0.15) is 28.7 Å². The molecule has 0 aromatic heterocycles. The van der Waals surface area contributed by atoms with Gasteiger partial charge in [-0.05, 0) is 145 Å². The van der Waals surface area contributed by atoms with Gasteiger partial charge in [-0.3, -0.25) is 10.1 Å². The standard InChI is InChI=1S/C48H32O2.C47H29NO3/c1-49-35-28-26-33(27-29-35)31-20-18-30(19-21-31)32-22-24-34(25-23-32)44-45-40-14-6-2-10-36(40)38-12-4-8-16-42(38)47(45)50-48-43-17-9-5-13-39(43)37-11-3-7-15-41(37)46(44)48;49-48(50)34-27-25-32(26-28-34)30-19-17-29(18-20-30)31-21-23-33(24-22-31)43-44-39-13-5-1-9-35(39)37-11-3-7-15-41(37)46(44)51-47-42-16-8-4-12-38(42)36-10-2-6-14-40(36)45(43)47/h2-29,44H,1H3;1-28,43H. The molecule has 0 fully saturated rings. The minimum atomic E-state index is -0.372. The van der Waals surface area contributed by atoms with Gasteiger partial charge in [-0.25, -0.2) is 0 Å². The number of nitrogens with zero attached hydrogens (tertiary/aromatic N) is 1. The number of ether oxygens (including phenoxy) is 3. The molecule has 0 radical (unpaired) electrons. The molecule has 0 bridgehead atoms. The van der Waals surface area contributed by atoms with Gasteiger partial charge in [-0.15, -0.1) is 0 Å². The Balaban J connectivity index is 0.000000140. The zero-order valence-corrected chi connectivity index (χ0v) is 55.0. The van der Waals surface area contributed by atoms with E-state index in [2.05, 4.69) is 303 Å². The number of hydrogen-bond donors (Lipinski definition) is 0. The van der Waals surface area contributed by atoms with E-state index in [-0.39, 0.29) is 22.4 Å². The summed E-state index contributed by atoms with van der Waals surface area (Å²) in [5, 5.41) is 30.2. The van der Waals surface area contributed by atoms with Crippen LogP contribution in [0.4, 0.5) is 5.69 Å². The van der Waals surface area contributed by atoms with Crippen LogP contribution >= 0.6 is 0 Å². The molecule has 0 amide bonds. The van der Waals surface area contributed by atoms with E-state index in [9.17, 15) is 10.1 Å². The van der Waals surface area contributed by atoms with Crippen LogP contribution in [0.2, 0.25) is 0 Å². The van der Waals surface area contributed by atoms with E-state index in [1.807, 2.05) is 12.1 Å². The van der Waals surface area contributed by atoms with E-state index in [0.717, 1.165) is 72.5 Å². The monoisotopic (exact) mass is 1300 g/mol. The summed E-state index contributed by atoms with van der Waals surface area (Å²) in [6.45, 7) is 0. The van der Waals surface area contributed by atoms with Crippen LogP contribution in [0, 0.1) is 10.1 Å². The lowest BCUT2D eigenvalue weighted by Gasteiger charge is -2.33. The maximum Gasteiger partial charge on any atom is 0.269 e. The molecule has 20 rings (SSSR count). The highest BCUT2D eigenvalue weighted by Crippen LogP contribution is 2.59. The van der Waals surface area contributed by atoms with Gasteiger partial charge in [0, 0.05) is 67.8 Å². The number of rotatable bonds is 8. The van der Waals surface area contributed by atoms with Gasteiger partial charge >= 0.3 is 0 Å². The van der Waals surface area contributed by atoms with Crippen LogP contribution in [0.25, 0.3) is 131 Å². The van der Waals surface area contributed by atoms with Crippen LogP contribution in [0.3, 0.4) is 0 Å². The van der Waals surface area contributed by atoms with Crippen LogP contribution in [-0.2, 0) is 0 Å². The molecule has 0 saturated heterocycles. The number of benzene rings is 18. The van der Waals surface area contributed by atoms with E-state index in [4.69, 9.17) is 14.2 Å². The molecule has 101 heavy (non-hydrogen) atoms. The molecule has 2 heterocycles. The molecular formula is C95H61NO5. The third-order valence-corrected chi connectivity index (χ3v) is 21.0. The number of nitro benzene ring substituents is 1. The molecule has 6 heteroatoms. The molecule has 0 spiro atoms. The van der Waals surface area contributed by atoms with Crippen molar-refractivity contribution in [1.29, 1.82) is 0 Å². The molecule has 18 aromatic carbocycles. The summed E-state index contributed by atoms with van der Waals surface area (Å²) in [5.74, 6) is 4.50. The van der Waals surface area contributed by atoms with Gasteiger partial charge in [0.25, 0.3) is 5.69 Å². The quantitative estimate of drug-likeness (QED) is 0.0861. The number of methoxy groups -OCH3 is 1. The third-order valence-electron chi connectivity index (χ3n) is 21.0. The second kappa shape index (κ2) is 24.1. The fourth-order valence-electron chi connectivity index (χ4n) is 16.3. The normalized spacial score (nSPS) is 12.6. The van der Waals surface area contributed by atoms with Gasteiger partial charge in [-0.1, -0.05) is 303 Å². The molecular weight excluding hydrogens is 1240 g/mol. The fraction of sp³-hybridized carbons (Fsp3) is 0.0316. The summed E-state index contributed by atoms with van der Waals surface area (Å²) in [6.07, 6.45) is 0. The summed E-state index contributed by atoms with van der Waals surface area (Å²) < 4.78 is 19.8. The average molecular weight is 1300 g/mol. The van der Waals surface area contributed by atoms with Crippen molar-refractivity contribution in [2.24, 2.45) is 0 Å². The Kier molecular flexibility index (Phi) is 14.1. The number of fused-ring (bicyclic) bond motifs is 24. The largest absolute Gasteiger partial charge is 0.497 e. The maximum absolute atomic E-state index is 11.1. The van der Waals surface area contributed by atoms with Gasteiger partial charge < -0.3 is 14.2 Å². The fourth-order valence-corrected chi connectivity index (χ4v) is 16.3.